The van der Waals surface area contributed by atoms with Gasteiger partial charge in [0.1, 0.15) is 5.52 Å². The number of benzene rings is 2. The molecule has 2 aromatic carbocycles. The molecule has 1 N–H and O–H groups in total. The maximum absolute atomic E-state index is 13.5. The first-order valence-corrected chi connectivity index (χ1v) is 15.7. The predicted octanol–water partition coefficient (Wildman–Crippen LogP) is 5.83. The molecule has 2 atom stereocenters. The van der Waals surface area contributed by atoms with Crippen LogP contribution in [0.2, 0.25) is 0 Å². The van der Waals surface area contributed by atoms with E-state index in [2.05, 4.69) is 22.6 Å². The largest absolute Gasteiger partial charge is 0.466 e. The van der Waals surface area contributed by atoms with Gasteiger partial charge in [0.05, 0.1) is 18.5 Å². The smallest absolute Gasteiger partial charge is 0.306 e. The highest BCUT2D eigenvalue weighted by Crippen LogP contribution is 2.37. The highest BCUT2D eigenvalue weighted by Gasteiger charge is 2.34. The molecule has 0 radical (unpaired) electrons. The lowest BCUT2D eigenvalue weighted by Gasteiger charge is -2.28. The number of aryl methyl sites for hydroxylation is 2. The average molecular weight is 573 g/mol. The van der Waals surface area contributed by atoms with Gasteiger partial charge in [-0.1, -0.05) is 56.0 Å². The quantitative estimate of drug-likeness (QED) is 0.290. The fraction of sp³-hybridized carbons (Fsp3) is 0.559. The Balaban J connectivity index is 1.29. The van der Waals surface area contributed by atoms with Crippen molar-refractivity contribution in [2.24, 2.45) is 24.8 Å². The number of rotatable bonds is 11. The molecule has 1 heterocycles. The first-order chi connectivity index (χ1) is 20.3. The summed E-state index contributed by atoms with van der Waals surface area (Å²) < 4.78 is 7.05. The Kier molecular flexibility index (Phi) is 9.39. The van der Waals surface area contributed by atoms with Gasteiger partial charge in [-0.2, -0.15) is 0 Å². The maximum Gasteiger partial charge on any atom is 0.306 e. The standard InChI is InChI=1S/C34H44N4O4/c1-5-7-22-8-10-23(11-9-22)20-35-31(39)18-26-16-24-12-13-25(17-29(24)34(26)41)28(19-32(40)42-6-2)27-14-15-30-33(21(27)3)36-37-38(30)4/h12-15,17,22-23,26,28H,5-11,16,18-20H2,1-4H3,(H,35,39). The third kappa shape index (κ3) is 6.42. The molecule has 2 aliphatic carbocycles. The van der Waals surface area contributed by atoms with Crippen molar-refractivity contribution in [1.82, 2.24) is 20.3 Å². The van der Waals surface area contributed by atoms with Gasteiger partial charge in [0.25, 0.3) is 0 Å². The fourth-order valence-corrected chi connectivity index (χ4v) is 7.07. The molecule has 3 aromatic rings. The van der Waals surface area contributed by atoms with Gasteiger partial charge in [-0.15, -0.1) is 5.10 Å². The van der Waals surface area contributed by atoms with Crippen molar-refractivity contribution in [3.63, 3.8) is 0 Å². The van der Waals surface area contributed by atoms with Crippen LogP contribution in [0.15, 0.2) is 30.3 Å². The van der Waals surface area contributed by atoms with Gasteiger partial charge in [0.2, 0.25) is 5.91 Å². The van der Waals surface area contributed by atoms with E-state index in [4.69, 9.17) is 4.74 Å². The SMILES string of the molecule is CCCC1CCC(CNC(=O)CC2Cc3ccc(C(CC(=O)OCC)c4ccc5c(nnn5C)c4C)cc3C2=O)CC1. The summed E-state index contributed by atoms with van der Waals surface area (Å²) in [6.45, 7) is 7.06. The molecular formula is C34H44N4O4. The number of fused-ring (bicyclic) bond motifs is 2. The summed E-state index contributed by atoms with van der Waals surface area (Å²) in [5, 5.41) is 11.6. The van der Waals surface area contributed by atoms with Gasteiger partial charge in [0, 0.05) is 37.4 Å². The Morgan fingerprint density at radius 2 is 1.86 bits per heavy atom. The number of nitrogens with zero attached hydrogens (tertiary/aromatic N) is 3. The molecule has 42 heavy (non-hydrogen) atoms. The van der Waals surface area contributed by atoms with Crippen molar-refractivity contribution >= 4 is 28.7 Å². The molecule has 2 aliphatic rings. The van der Waals surface area contributed by atoms with Crippen LogP contribution in [0, 0.1) is 24.7 Å². The van der Waals surface area contributed by atoms with E-state index in [9.17, 15) is 14.4 Å². The number of carbonyl (C=O) groups excluding carboxylic acids is 3. The summed E-state index contributed by atoms with van der Waals surface area (Å²) >= 11 is 0. The van der Waals surface area contributed by atoms with E-state index in [1.807, 2.05) is 44.3 Å². The minimum absolute atomic E-state index is 0.0121. The Morgan fingerprint density at radius 1 is 1.10 bits per heavy atom. The number of esters is 1. The Morgan fingerprint density at radius 3 is 2.60 bits per heavy atom. The van der Waals surface area contributed by atoms with Crippen LogP contribution in [0.4, 0.5) is 0 Å². The molecule has 5 rings (SSSR count). The first-order valence-electron chi connectivity index (χ1n) is 15.7. The second-order valence-corrected chi connectivity index (χ2v) is 12.3. The van der Waals surface area contributed by atoms with Crippen LogP contribution >= 0.6 is 0 Å². The molecule has 8 heteroatoms. The van der Waals surface area contributed by atoms with E-state index < -0.39 is 0 Å². The van der Waals surface area contributed by atoms with Crippen LogP contribution in [0.1, 0.15) is 104 Å². The summed E-state index contributed by atoms with van der Waals surface area (Å²) in [4.78, 5) is 39.1. The van der Waals surface area contributed by atoms with E-state index in [1.165, 1.54) is 38.5 Å². The summed E-state index contributed by atoms with van der Waals surface area (Å²) in [7, 11) is 1.85. The van der Waals surface area contributed by atoms with Gasteiger partial charge in [-0.25, -0.2) is 4.68 Å². The molecular weight excluding hydrogens is 528 g/mol. The third-order valence-corrected chi connectivity index (χ3v) is 9.45. The van der Waals surface area contributed by atoms with Crippen molar-refractivity contribution in [3.05, 3.63) is 58.1 Å². The van der Waals surface area contributed by atoms with E-state index in [0.717, 1.165) is 39.2 Å². The second-order valence-electron chi connectivity index (χ2n) is 12.3. The topological polar surface area (TPSA) is 103 Å². The molecule has 1 amide bonds. The van der Waals surface area contributed by atoms with Gasteiger partial charge < -0.3 is 10.1 Å². The predicted molar refractivity (Wildman–Crippen MR) is 162 cm³/mol. The molecule has 1 fully saturated rings. The summed E-state index contributed by atoms with van der Waals surface area (Å²) in [6, 6.07) is 9.91. The van der Waals surface area contributed by atoms with Crippen LogP contribution in [-0.4, -0.2) is 45.8 Å². The van der Waals surface area contributed by atoms with E-state index >= 15 is 0 Å². The lowest BCUT2D eigenvalue weighted by atomic mass is 9.80. The molecule has 1 aromatic heterocycles. The average Bonchev–Trinajstić information content (AvgIpc) is 3.51. The van der Waals surface area contributed by atoms with Crippen LogP contribution < -0.4 is 5.32 Å². The number of nitrogens with one attached hydrogen (secondary N) is 1. The maximum atomic E-state index is 13.5. The van der Waals surface area contributed by atoms with Crippen molar-refractivity contribution in [3.8, 4) is 0 Å². The minimum Gasteiger partial charge on any atom is -0.466 e. The molecule has 0 saturated heterocycles. The van der Waals surface area contributed by atoms with Crippen LogP contribution in [0.5, 0.6) is 0 Å². The molecule has 224 valence electrons. The number of ether oxygens (including phenoxy) is 1. The summed E-state index contributed by atoms with van der Waals surface area (Å²) in [6.07, 6.45) is 8.36. The Bertz CT molecular complexity index is 1450. The molecule has 0 spiro atoms. The number of amides is 1. The molecule has 8 nitrogen and oxygen atoms in total. The van der Waals surface area contributed by atoms with Gasteiger partial charge >= 0.3 is 5.97 Å². The Hall–Kier alpha value is -3.55. The third-order valence-electron chi connectivity index (χ3n) is 9.45. The second kappa shape index (κ2) is 13.2. The van der Waals surface area contributed by atoms with Gasteiger partial charge in [-0.05, 0) is 79.3 Å². The highest BCUT2D eigenvalue weighted by molar-refractivity contribution is 6.04. The number of aromatic nitrogens is 3. The normalized spacial score (nSPS) is 20.9. The highest BCUT2D eigenvalue weighted by atomic mass is 16.5. The minimum atomic E-state index is -0.350. The summed E-state index contributed by atoms with van der Waals surface area (Å²) in [5.41, 5.74) is 6.13. The zero-order chi connectivity index (χ0) is 29.8. The van der Waals surface area contributed by atoms with Gasteiger partial charge in [-0.3, -0.25) is 14.4 Å². The Labute approximate surface area is 248 Å². The zero-order valence-corrected chi connectivity index (χ0v) is 25.4. The number of ketones is 1. The summed E-state index contributed by atoms with van der Waals surface area (Å²) in [5.74, 6) is 0.420. The van der Waals surface area contributed by atoms with Crippen LogP contribution in [0.3, 0.4) is 0 Å². The number of hydrogen-bond donors (Lipinski definition) is 1. The van der Waals surface area contributed by atoms with Crippen LogP contribution in [0.25, 0.3) is 11.0 Å². The number of carbonyl (C=O) groups is 3. The van der Waals surface area contributed by atoms with E-state index in [-0.39, 0.29) is 42.3 Å². The molecule has 1 saturated carbocycles. The van der Waals surface area contributed by atoms with Crippen LogP contribution in [-0.2, 0) is 27.8 Å². The van der Waals surface area contributed by atoms with Crippen molar-refractivity contribution in [2.75, 3.05) is 13.2 Å². The lowest BCUT2D eigenvalue weighted by Crippen LogP contribution is -2.33. The van der Waals surface area contributed by atoms with Crippen molar-refractivity contribution in [1.29, 1.82) is 0 Å². The van der Waals surface area contributed by atoms with E-state index in [0.29, 0.717) is 31.1 Å². The number of hydrogen-bond acceptors (Lipinski definition) is 6. The molecule has 2 unspecified atom stereocenters. The van der Waals surface area contributed by atoms with E-state index in [1.54, 1.807) is 11.6 Å². The van der Waals surface area contributed by atoms with Crippen molar-refractivity contribution < 1.29 is 19.1 Å². The van der Waals surface area contributed by atoms with Gasteiger partial charge in [0.15, 0.2) is 5.78 Å². The lowest BCUT2D eigenvalue weighted by molar-refractivity contribution is -0.143. The zero-order valence-electron chi connectivity index (χ0n) is 25.4. The monoisotopic (exact) mass is 572 g/mol. The molecule has 0 bridgehead atoms. The first kappa shape index (κ1) is 29.9. The molecule has 0 aliphatic heterocycles. The number of Topliss-reactive ketones (excluding diaryl/α,β-unsaturated/α-hetero) is 1. The van der Waals surface area contributed by atoms with Crippen molar-refractivity contribution in [2.45, 2.75) is 84.5 Å². The fourth-order valence-electron chi connectivity index (χ4n) is 7.07.